The lowest BCUT2D eigenvalue weighted by molar-refractivity contribution is -0.332. The van der Waals surface area contributed by atoms with Gasteiger partial charge in [-0.3, -0.25) is 0 Å². The van der Waals surface area contributed by atoms with Crippen molar-refractivity contribution in [3.63, 3.8) is 0 Å². The van der Waals surface area contributed by atoms with Gasteiger partial charge in [0.15, 0.2) is 6.29 Å². The summed E-state index contributed by atoms with van der Waals surface area (Å²) in [4.78, 5) is 0. The number of rotatable bonds is 13. The molecule has 6 rings (SSSR count). The molecule has 6 heteroatoms. The standard InChI is InChI=1S/C36H38O6/c1-37-35-33(40-25-29-18-10-4-11-19-29)32(39-24-28-16-8-3-9-17-28)34(41-26-30-20-12-5-13-21-30)36(42-35)22-31(36)38-23-27-14-6-2-7-15-27/h2-21,31-35H,22-26H2,1H3/t31?,32-,33+,34+,35+,36-/m1/s1. The van der Waals surface area contributed by atoms with Gasteiger partial charge >= 0.3 is 0 Å². The predicted octanol–water partition coefficient (Wildman–Crippen LogP) is 6.47. The summed E-state index contributed by atoms with van der Waals surface area (Å²) in [6.45, 7) is 1.70. The van der Waals surface area contributed by atoms with Crippen LogP contribution in [0.2, 0.25) is 0 Å². The molecular formula is C36H38O6. The lowest BCUT2D eigenvalue weighted by Gasteiger charge is -2.46. The molecule has 42 heavy (non-hydrogen) atoms. The summed E-state index contributed by atoms with van der Waals surface area (Å²) in [5.41, 5.74) is 3.60. The highest BCUT2D eigenvalue weighted by Gasteiger charge is 2.70. The van der Waals surface area contributed by atoms with Crippen LogP contribution < -0.4 is 0 Å². The van der Waals surface area contributed by atoms with Crippen LogP contribution in [0.25, 0.3) is 0 Å². The van der Waals surface area contributed by atoms with Gasteiger partial charge < -0.3 is 28.4 Å². The van der Waals surface area contributed by atoms with E-state index in [0.717, 1.165) is 22.3 Å². The largest absolute Gasteiger partial charge is 0.370 e. The molecule has 218 valence electrons. The molecule has 2 fully saturated rings. The molecule has 1 aliphatic heterocycles. The minimum absolute atomic E-state index is 0.172. The Morgan fingerprint density at radius 1 is 0.548 bits per heavy atom. The Bertz CT molecular complexity index is 1350. The fourth-order valence-corrected chi connectivity index (χ4v) is 5.65. The van der Waals surface area contributed by atoms with Gasteiger partial charge in [0.1, 0.15) is 23.9 Å². The van der Waals surface area contributed by atoms with Crippen LogP contribution in [-0.2, 0) is 54.8 Å². The van der Waals surface area contributed by atoms with Crippen molar-refractivity contribution in [2.24, 2.45) is 0 Å². The van der Waals surface area contributed by atoms with Gasteiger partial charge in [-0.1, -0.05) is 121 Å². The highest BCUT2D eigenvalue weighted by atomic mass is 16.7. The van der Waals surface area contributed by atoms with Crippen molar-refractivity contribution in [3.05, 3.63) is 144 Å². The second kappa shape index (κ2) is 13.7. The molecule has 0 radical (unpaired) electrons. The summed E-state index contributed by atoms with van der Waals surface area (Å²) in [5, 5.41) is 0. The van der Waals surface area contributed by atoms with Gasteiger partial charge in [-0.2, -0.15) is 0 Å². The van der Waals surface area contributed by atoms with E-state index in [1.807, 2.05) is 84.9 Å². The summed E-state index contributed by atoms with van der Waals surface area (Å²) < 4.78 is 39.1. The summed E-state index contributed by atoms with van der Waals surface area (Å²) in [6.07, 6.45) is -1.60. The molecule has 4 aromatic rings. The molecule has 6 nitrogen and oxygen atoms in total. The Morgan fingerprint density at radius 3 is 1.40 bits per heavy atom. The second-order valence-corrected chi connectivity index (χ2v) is 10.9. The van der Waals surface area contributed by atoms with Crippen LogP contribution in [0.1, 0.15) is 28.7 Å². The first-order chi connectivity index (χ1) is 20.7. The maximum Gasteiger partial charge on any atom is 0.186 e. The van der Waals surface area contributed by atoms with E-state index in [1.165, 1.54) is 0 Å². The first-order valence-corrected chi connectivity index (χ1v) is 14.6. The van der Waals surface area contributed by atoms with E-state index in [2.05, 4.69) is 36.4 Å². The average molecular weight is 567 g/mol. The van der Waals surface area contributed by atoms with Crippen LogP contribution in [0.3, 0.4) is 0 Å². The zero-order valence-electron chi connectivity index (χ0n) is 23.9. The monoisotopic (exact) mass is 566 g/mol. The van der Waals surface area contributed by atoms with Crippen LogP contribution in [0, 0.1) is 0 Å². The molecule has 0 amide bonds. The quantitative estimate of drug-likeness (QED) is 0.185. The van der Waals surface area contributed by atoms with Crippen LogP contribution in [0.5, 0.6) is 0 Å². The van der Waals surface area contributed by atoms with Crippen LogP contribution in [-0.4, -0.2) is 43.4 Å². The van der Waals surface area contributed by atoms with E-state index in [1.54, 1.807) is 7.11 Å². The first-order valence-electron chi connectivity index (χ1n) is 14.6. The molecule has 0 aromatic heterocycles. The molecule has 1 spiro atoms. The maximum absolute atomic E-state index is 6.74. The Morgan fingerprint density at radius 2 is 0.952 bits per heavy atom. The Balaban J connectivity index is 1.28. The van der Waals surface area contributed by atoms with E-state index in [0.29, 0.717) is 32.8 Å². The van der Waals surface area contributed by atoms with Crippen molar-refractivity contribution in [3.8, 4) is 0 Å². The number of ether oxygens (including phenoxy) is 6. The van der Waals surface area contributed by atoms with Gasteiger partial charge in [0.25, 0.3) is 0 Å². The van der Waals surface area contributed by atoms with Gasteiger partial charge in [0, 0.05) is 13.5 Å². The topological polar surface area (TPSA) is 55.4 Å². The second-order valence-electron chi connectivity index (χ2n) is 10.9. The average Bonchev–Trinajstić information content (AvgIpc) is 3.75. The number of hydrogen-bond acceptors (Lipinski definition) is 6. The summed E-state index contributed by atoms with van der Waals surface area (Å²) >= 11 is 0. The van der Waals surface area contributed by atoms with Crippen LogP contribution >= 0.6 is 0 Å². The third-order valence-corrected chi connectivity index (χ3v) is 7.97. The van der Waals surface area contributed by atoms with E-state index >= 15 is 0 Å². The third kappa shape index (κ3) is 6.81. The molecular weight excluding hydrogens is 528 g/mol. The van der Waals surface area contributed by atoms with E-state index in [-0.39, 0.29) is 6.10 Å². The Labute approximate surface area is 248 Å². The molecule has 1 heterocycles. The van der Waals surface area contributed by atoms with Crippen LogP contribution in [0.4, 0.5) is 0 Å². The third-order valence-electron chi connectivity index (χ3n) is 7.97. The van der Waals surface area contributed by atoms with Crippen molar-refractivity contribution in [2.45, 2.75) is 69.2 Å². The molecule has 1 unspecified atom stereocenters. The molecule has 4 aromatic carbocycles. The Kier molecular flexibility index (Phi) is 9.41. The van der Waals surface area contributed by atoms with Crippen molar-refractivity contribution in [2.75, 3.05) is 7.11 Å². The highest BCUT2D eigenvalue weighted by Crippen LogP contribution is 2.53. The number of methoxy groups -OCH3 is 1. The van der Waals surface area contributed by atoms with Gasteiger partial charge in [-0.25, -0.2) is 0 Å². The summed E-state index contributed by atoms with van der Waals surface area (Å²) in [5.74, 6) is 0. The van der Waals surface area contributed by atoms with Crippen LogP contribution in [0.15, 0.2) is 121 Å². The first kappa shape index (κ1) is 28.7. The lowest BCUT2D eigenvalue weighted by atomic mass is 9.95. The number of hydrogen-bond donors (Lipinski definition) is 0. The van der Waals surface area contributed by atoms with Crippen molar-refractivity contribution in [1.82, 2.24) is 0 Å². The molecule has 1 aliphatic carbocycles. The van der Waals surface area contributed by atoms with E-state index in [9.17, 15) is 0 Å². The summed E-state index contributed by atoms with van der Waals surface area (Å²) in [6, 6.07) is 40.6. The van der Waals surface area contributed by atoms with E-state index in [4.69, 9.17) is 28.4 Å². The minimum atomic E-state index is -0.724. The molecule has 1 saturated heterocycles. The van der Waals surface area contributed by atoms with Gasteiger partial charge in [-0.05, 0) is 22.3 Å². The van der Waals surface area contributed by atoms with Crippen molar-refractivity contribution < 1.29 is 28.4 Å². The summed E-state index contributed by atoms with van der Waals surface area (Å²) in [7, 11) is 1.65. The smallest absolute Gasteiger partial charge is 0.186 e. The van der Waals surface area contributed by atoms with Gasteiger partial charge in [-0.15, -0.1) is 0 Å². The van der Waals surface area contributed by atoms with Crippen molar-refractivity contribution >= 4 is 0 Å². The molecule has 1 saturated carbocycles. The molecule has 0 N–H and O–H groups in total. The van der Waals surface area contributed by atoms with E-state index < -0.39 is 30.2 Å². The lowest BCUT2D eigenvalue weighted by Crippen LogP contribution is -2.63. The molecule has 2 aliphatic rings. The SMILES string of the molecule is CO[C@H]1O[C@@]2(CC2OCc2ccccc2)[C@@H](OCc2ccccc2)[C@H](OCc2ccccc2)[C@@H]1OCc1ccccc1. The zero-order chi connectivity index (χ0) is 28.6. The zero-order valence-corrected chi connectivity index (χ0v) is 23.9. The normalized spacial score (nSPS) is 26.7. The highest BCUT2D eigenvalue weighted by molar-refractivity contribution is 5.22. The Hall–Kier alpha value is -3.36. The molecule has 0 bridgehead atoms. The fourth-order valence-electron chi connectivity index (χ4n) is 5.65. The predicted molar refractivity (Wildman–Crippen MR) is 159 cm³/mol. The minimum Gasteiger partial charge on any atom is -0.370 e. The number of benzene rings is 4. The van der Waals surface area contributed by atoms with Gasteiger partial charge in [0.2, 0.25) is 0 Å². The van der Waals surface area contributed by atoms with Gasteiger partial charge in [0.05, 0.1) is 32.5 Å². The van der Waals surface area contributed by atoms with Crippen molar-refractivity contribution in [1.29, 1.82) is 0 Å². The maximum atomic E-state index is 6.74. The fraction of sp³-hybridized carbons (Fsp3) is 0.333. The molecule has 6 atom stereocenters.